The lowest BCUT2D eigenvalue weighted by atomic mass is 9.82. The first-order valence-corrected chi connectivity index (χ1v) is 17.9. The van der Waals surface area contributed by atoms with Crippen molar-refractivity contribution in [3.05, 3.63) is 113 Å². The maximum atomic E-state index is 10.7. The lowest BCUT2D eigenvalue weighted by molar-refractivity contribution is 0.477. The maximum absolute atomic E-state index is 10.7. The van der Waals surface area contributed by atoms with E-state index in [9.17, 15) is 5.11 Å². The van der Waals surface area contributed by atoms with Gasteiger partial charge in [-0.2, -0.15) is 0 Å². The Balaban J connectivity index is 1.56. The molecule has 4 aromatic carbocycles. The van der Waals surface area contributed by atoms with Gasteiger partial charge in [-0.15, -0.1) is 11.3 Å². The number of phenols is 1. The topological polar surface area (TPSA) is 46.0 Å². The van der Waals surface area contributed by atoms with E-state index in [1.165, 1.54) is 33.4 Å². The van der Waals surface area contributed by atoms with Gasteiger partial charge < -0.3 is 5.11 Å². The van der Waals surface area contributed by atoms with E-state index in [0.29, 0.717) is 11.8 Å². The molecular formula is C44H48N2OS. The number of thiazole rings is 1. The van der Waals surface area contributed by atoms with Gasteiger partial charge in [-0.05, 0) is 110 Å². The predicted octanol–water partition coefficient (Wildman–Crippen LogP) is 12.9. The minimum atomic E-state index is -0.0794. The average molecular weight is 653 g/mol. The summed E-state index contributed by atoms with van der Waals surface area (Å²) in [6.07, 6.45) is 1.95. The molecule has 4 heteroatoms. The van der Waals surface area contributed by atoms with Crippen LogP contribution in [0.15, 0.2) is 91.1 Å². The largest absolute Gasteiger partial charge is 0.507 e. The molecule has 0 amide bonds. The molecule has 0 aliphatic heterocycles. The van der Waals surface area contributed by atoms with E-state index in [-0.39, 0.29) is 16.6 Å². The van der Waals surface area contributed by atoms with Crippen LogP contribution in [0.3, 0.4) is 0 Å². The molecule has 6 rings (SSSR count). The van der Waals surface area contributed by atoms with Crippen molar-refractivity contribution in [2.24, 2.45) is 0 Å². The molecule has 246 valence electrons. The first kappa shape index (κ1) is 33.6. The molecule has 3 nitrogen and oxygen atoms in total. The van der Waals surface area contributed by atoms with Crippen molar-refractivity contribution in [1.82, 2.24) is 9.97 Å². The molecule has 0 spiro atoms. The van der Waals surface area contributed by atoms with Gasteiger partial charge in [-0.25, -0.2) is 4.98 Å². The Kier molecular flexibility index (Phi) is 8.85. The summed E-state index contributed by atoms with van der Waals surface area (Å²) in [5.74, 6) is 1.15. The number of nitrogens with zero attached hydrogens (tertiary/aromatic N) is 2. The van der Waals surface area contributed by atoms with E-state index in [4.69, 9.17) is 9.97 Å². The van der Waals surface area contributed by atoms with E-state index in [2.05, 4.69) is 130 Å². The van der Waals surface area contributed by atoms with Gasteiger partial charge in [0.25, 0.3) is 0 Å². The number of aromatic nitrogens is 2. The van der Waals surface area contributed by atoms with Crippen LogP contribution in [-0.2, 0) is 10.8 Å². The number of pyridine rings is 1. The summed E-state index contributed by atoms with van der Waals surface area (Å²) in [6.45, 7) is 22.6. The molecule has 0 aliphatic carbocycles. The summed E-state index contributed by atoms with van der Waals surface area (Å²) in [5.41, 5.74) is 13.5. The van der Waals surface area contributed by atoms with Crippen LogP contribution < -0.4 is 0 Å². The number of hydrogen-bond donors (Lipinski definition) is 1. The van der Waals surface area contributed by atoms with Crippen molar-refractivity contribution in [2.45, 2.75) is 91.9 Å². The van der Waals surface area contributed by atoms with Gasteiger partial charge in [0.2, 0.25) is 0 Å². The summed E-state index contributed by atoms with van der Waals surface area (Å²) < 4.78 is 1.12. The highest BCUT2D eigenvalue weighted by molar-refractivity contribution is 7.21. The van der Waals surface area contributed by atoms with E-state index in [1.54, 1.807) is 17.4 Å². The van der Waals surface area contributed by atoms with Crippen molar-refractivity contribution in [1.29, 1.82) is 0 Å². The quantitative estimate of drug-likeness (QED) is 0.195. The van der Waals surface area contributed by atoms with E-state index >= 15 is 0 Å². The van der Waals surface area contributed by atoms with E-state index < -0.39 is 0 Å². The predicted molar refractivity (Wildman–Crippen MR) is 206 cm³/mol. The number of benzene rings is 4. The maximum Gasteiger partial charge on any atom is 0.128 e. The Bertz CT molecular complexity index is 2100. The molecule has 0 saturated heterocycles. The lowest BCUT2D eigenvalue weighted by Gasteiger charge is -2.23. The molecule has 0 aliphatic rings. The molecule has 0 atom stereocenters. The van der Waals surface area contributed by atoms with Crippen molar-refractivity contribution in [2.75, 3.05) is 0 Å². The van der Waals surface area contributed by atoms with Crippen molar-refractivity contribution in [3.8, 4) is 49.8 Å². The molecular weight excluding hydrogens is 605 g/mol. The number of fused-ring (bicyclic) bond motifs is 1. The standard InChI is InChI=1S/C44H48N2OS/c1-26(2)29-17-30(27(3)4)19-31(18-29)28-15-16-45-38(23-28)33-20-32(21-34(22-33)43(5,6)7)37-24-35(44(8,9)10)25-40-41(37)46-42(48-40)36-13-11-12-14-39(36)47/h11-27,47H,1-10H3. The van der Waals surface area contributed by atoms with Gasteiger partial charge in [0.15, 0.2) is 0 Å². The number of hydrogen-bond acceptors (Lipinski definition) is 4. The first-order valence-electron chi connectivity index (χ1n) is 17.1. The minimum absolute atomic E-state index is 0.0539. The summed E-state index contributed by atoms with van der Waals surface area (Å²) >= 11 is 1.64. The molecule has 2 aromatic heterocycles. The van der Waals surface area contributed by atoms with Crippen molar-refractivity contribution in [3.63, 3.8) is 0 Å². The van der Waals surface area contributed by atoms with Gasteiger partial charge >= 0.3 is 0 Å². The van der Waals surface area contributed by atoms with Gasteiger partial charge in [-0.3, -0.25) is 4.98 Å². The van der Waals surface area contributed by atoms with Crippen LogP contribution in [0.25, 0.3) is 54.3 Å². The normalized spacial score (nSPS) is 12.4. The van der Waals surface area contributed by atoms with Crippen molar-refractivity contribution >= 4 is 21.6 Å². The highest BCUT2D eigenvalue weighted by atomic mass is 32.1. The molecule has 0 saturated carbocycles. The van der Waals surface area contributed by atoms with Crippen LogP contribution in [0.5, 0.6) is 5.75 Å². The zero-order valence-corrected chi connectivity index (χ0v) is 30.9. The number of phenolic OH excluding ortho intramolecular Hbond substituents is 1. The minimum Gasteiger partial charge on any atom is -0.507 e. The van der Waals surface area contributed by atoms with Crippen LogP contribution >= 0.6 is 11.3 Å². The second-order valence-electron chi connectivity index (χ2n) is 15.8. The Morgan fingerprint density at radius 1 is 0.604 bits per heavy atom. The second-order valence-corrected chi connectivity index (χ2v) is 16.9. The first-order chi connectivity index (χ1) is 22.6. The fourth-order valence-corrected chi connectivity index (χ4v) is 7.16. The molecule has 0 unspecified atom stereocenters. The monoisotopic (exact) mass is 652 g/mol. The van der Waals surface area contributed by atoms with E-state index in [0.717, 1.165) is 43.2 Å². The molecule has 1 N–H and O–H groups in total. The highest BCUT2D eigenvalue weighted by Gasteiger charge is 2.23. The molecule has 0 bridgehead atoms. The number of rotatable bonds is 6. The number of para-hydroxylation sites is 1. The van der Waals surface area contributed by atoms with Crippen LogP contribution in [-0.4, -0.2) is 15.1 Å². The zero-order valence-electron chi connectivity index (χ0n) is 30.1. The summed E-state index contributed by atoms with van der Waals surface area (Å²) in [4.78, 5) is 10.1. The van der Waals surface area contributed by atoms with Crippen molar-refractivity contribution < 1.29 is 5.11 Å². The Labute approximate surface area is 290 Å². The van der Waals surface area contributed by atoms with Gasteiger partial charge in [0, 0.05) is 17.3 Å². The van der Waals surface area contributed by atoms with Crippen LogP contribution in [0, 0.1) is 0 Å². The Morgan fingerprint density at radius 3 is 1.85 bits per heavy atom. The summed E-state index contributed by atoms with van der Waals surface area (Å²) in [6, 6.07) is 30.4. The Morgan fingerprint density at radius 2 is 1.23 bits per heavy atom. The SMILES string of the molecule is CC(C)c1cc(-c2ccnc(-c3cc(-c4cc(C(C)(C)C)cc5sc(-c6ccccc6O)nc45)cc(C(C)(C)C)c3)c2)cc(C(C)C)c1. The van der Waals surface area contributed by atoms with E-state index in [1.807, 2.05) is 24.4 Å². The molecule has 2 heterocycles. The molecule has 6 aromatic rings. The molecule has 48 heavy (non-hydrogen) atoms. The third-order valence-electron chi connectivity index (χ3n) is 9.31. The van der Waals surface area contributed by atoms with Crippen LogP contribution in [0.2, 0.25) is 0 Å². The lowest BCUT2D eigenvalue weighted by Crippen LogP contribution is -2.12. The number of aromatic hydroxyl groups is 1. The smallest absolute Gasteiger partial charge is 0.128 e. The fourth-order valence-electron chi connectivity index (χ4n) is 6.09. The fraction of sp³-hybridized carbons (Fsp3) is 0.318. The molecule has 0 radical (unpaired) electrons. The summed E-state index contributed by atoms with van der Waals surface area (Å²) in [5, 5.41) is 11.5. The molecule has 0 fully saturated rings. The van der Waals surface area contributed by atoms with Crippen LogP contribution in [0.1, 0.15) is 103 Å². The summed E-state index contributed by atoms with van der Waals surface area (Å²) in [7, 11) is 0. The Hall–Kier alpha value is -4.28. The van der Waals surface area contributed by atoms with Gasteiger partial charge in [0.1, 0.15) is 10.8 Å². The third kappa shape index (κ3) is 6.82. The van der Waals surface area contributed by atoms with Gasteiger partial charge in [-0.1, -0.05) is 106 Å². The highest BCUT2D eigenvalue weighted by Crippen LogP contribution is 2.43. The zero-order chi connectivity index (χ0) is 34.5. The third-order valence-corrected chi connectivity index (χ3v) is 10.3. The van der Waals surface area contributed by atoms with Crippen LogP contribution in [0.4, 0.5) is 0 Å². The van der Waals surface area contributed by atoms with Gasteiger partial charge in [0.05, 0.1) is 21.5 Å². The second kappa shape index (κ2) is 12.6. The average Bonchev–Trinajstić information content (AvgIpc) is 3.47.